The lowest BCUT2D eigenvalue weighted by molar-refractivity contribution is 0.0489. The predicted molar refractivity (Wildman–Crippen MR) is 125 cm³/mol. The number of nitrogens with zero attached hydrogens (tertiary/aromatic N) is 1. The topological polar surface area (TPSA) is 23.5 Å². The molecule has 0 bridgehead atoms. The van der Waals surface area contributed by atoms with Gasteiger partial charge >= 0.3 is 0 Å². The van der Waals surface area contributed by atoms with Crippen molar-refractivity contribution in [2.45, 2.75) is 84.0 Å². The fourth-order valence-corrected chi connectivity index (χ4v) is 7.91. The summed E-state index contributed by atoms with van der Waals surface area (Å²) in [4.78, 5) is 2.66. The Hall–Kier alpha value is -1.28. The van der Waals surface area contributed by atoms with Crippen molar-refractivity contribution in [3.05, 3.63) is 41.0 Å². The van der Waals surface area contributed by atoms with E-state index in [0.29, 0.717) is 17.1 Å². The molecule has 1 aliphatic heterocycles. The van der Waals surface area contributed by atoms with Crippen molar-refractivity contribution in [1.29, 1.82) is 0 Å². The van der Waals surface area contributed by atoms with E-state index in [1.807, 2.05) is 12.1 Å². The summed E-state index contributed by atoms with van der Waals surface area (Å²) in [7, 11) is 0. The summed E-state index contributed by atoms with van der Waals surface area (Å²) >= 11 is 0. The van der Waals surface area contributed by atoms with Crippen LogP contribution < -0.4 is 0 Å². The van der Waals surface area contributed by atoms with Gasteiger partial charge in [0.25, 0.3) is 0 Å². The number of phenols is 1. The van der Waals surface area contributed by atoms with Gasteiger partial charge in [-0.05, 0) is 136 Å². The molecule has 3 fully saturated rings. The highest BCUT2D eigenvalue weighted by atomic mass is 16.3. The van der Waals surface area contributed by atoms with Gasteiger partial charge < -0.3 is 10.0 Å². The third-order valence-electron chi connectivity index (χ3n) is 9.42. The van der Waals surface area contributed by atoms with E-state index in [2.05, 4.69) is 30.9 Å². The van der Waals surface area contributed by atoms with Crippen molar-refractivity contribution in [3.63, 3.8) is 0 Å². The van der Waals surface area contributed by atoms with Gasteiger partial charge in [0.15, 0.2) is 0 Å². The second-order valence-corrected chi connectivity index (χ2v) is 11.1. The van der Waals surface area contributed by atoms with Gasteiger partial charge in [0.2, 0.25) is 0 Å². The van der Waals surface area contributed by atoms with Gasteiger partial charge in [-0.2, -0.15) is 0 Å². The van der Waals surface area contributed by atoms with Crippen LogP contribution in [0.4, 0.5) is 0 Å². The van der Waals surface area contributed by atoms with Gasteiger partial charge in [0.1, 0.15) is 5.75 Å². The molecule has 3 aliphatic carbocycles. The molecule has 1 heterocycles. The van der Waals surface area contributed by atoms with Crippen molar-refractivity contribution in [2.24, 2.45) is 23.2 Å². The van der Waals surface area contributed by atoms with Gasteiger partial charge in [-0.25, -0.2) is 0 Å². The highest BCUT2D eigenvalue weighted by molar-refractivity contribution is 5.41. The number of hydrogen-bond donors (Lipinski definition) is 1. The van der Waals surface area contributed by atoms with Gasteiger partial charge in [0.05, 0.1) is 0 Å². The maximum atomic E-state index is 9.97. The minimum absolute atomic E-state index is 0.441. The summed E-state index contributed by atoms with van der Waals surface area (Å²) in [6, 6.07) is 6.20. The summed E-state index contributed by atoms with van der Waals surface area (Å²) in [5.74, 6) is 3.55. The third-order valence-corrected chi connectivity index (χ3v) is 9.42. The molecule has 0 amide bonds. The second kappa shape index (κ2) is 8.34. The number of phenolic OH excluding ortho intramolecular Hbond substituents is 1. The fraction of sp³-hybridized carbons (Fsp3) is 0.714. The molecule has 4 aliphatic rings. The zero-order valence-corrected chi connectivity index (χ0v) is 19.2. The Labute approximate surface area is 183 Å². The average Bonchev–Trinajstić information content (AvgIpc) is 3.35. The molecule has 2 saturated carbocycles. The highest BCUT2D eigenvalue weighted by Crippen LogP contribution is 2.64. The number of unbranched alkanes of at least 4 members (excludes halogenated alkanes) is 2. The Morgan fingerprint density at radius 1 is 1.17 bits per heavy atom. The first kappa shape index (κ1) is 20.6. The summed E-state index contributed by atoms with van der Waals surface area (Å²) in [6.45, 7) is 9.08. The molecule has 5 rings (SSSR count). The number of benzene rings is 1. The Morgan fingerprint density at radius 2 is 2.00 bits per heavy atom. The molecule has 0 spiro atoms. The van der Waals surface area contributed by atoms with Crippen molar-refractivity contribution < 1.29 is 5.11 Å². The van der Waals surface area contributed by atoms with E-state index >= 15 is 0 Å². The van der Waals surface area contributed by atoms with E-state index in [0.717, 1.165) is 24.2 Å². The van der Waals surface area contributed by atoms with Crippen molar-refractivity contribution >= 4 is 0 Å². The van der Waals surface area contributed by atoms with E-state index < -0.39 is 0 Å². The van der Waals surface area contributed by atoms with Gasteiger partial charge in [-0.1, -0.05) is 31.6 Å². The van der Waals surface area contributed by atoms with E-state index in [1.54, 1.807) is 11.1 Å². The number of rotatable bonds is 5. The van der Waals surface area contributed by atoms with Crippen LogP contribution in [0.15, 0.2) is 29.8 Å². The zero-order chi connectivity index (χ0) is 20.7. The summed E-state index contributed by atoms with van der Waals surface area (Å²) < 4.78 is 0. The molecule has 5 atom stereocenters. The van der Waals surface area contributed by atoms with Crippen molar-refractivity contribution in [3.8, 4) is 5.75 Å². The SMILES string of the molecule is C[C@@H]1Cc2cc(O)ccc2C2CC[C@]3(C)/C(=C/CCCCN4CCCC4)CCC3C21. The molecular formula is C28H41NO. The first-order valence-corrected chi connectivity index (χ1v) is 12.8. The van der Waals surface area contributed by atoms with E-state index in [1.165, 1.54) is 83.0 Å². The number of fused-ring (bicyclic) bond motifs is 5. The minimum Gasteiger partial charge on any atom is -0.508 e. The smallest absolute Gasteiger partial charge is 0.115 e. The fourth-order valence-electron chi connectivity index (χ4n) is 7.91. The molecule has 1 saturated heterocycles. The maximum Gasteiger partial charge on any atom is 0.115 e. The molecule has 30 heavy (non-hydrogen) atoms. The first-order valence-electron chi connectivity index (χ1n) is 12.8. The quantitative estimate of drug-likeness (QED) is 0.434. The zero-order valence-electron chi connectivity index (χ0n) is 19.2. The maximum absolute atomic E-state index is 9.97. The molecule has 1 aromatic carbocycles. The lowest BCUT2D eigenvalue weighted by Crippen LogP contribution is -2.43. The van der Waals surface area contributed by atoms with E-state index in [4.69, 9.17) is 0 Å². The minimum atomic E-state index is 0.441. The average molecular weight is 408 g/mol. The standard InChI is InChI=1S/C28H41NO/c1-20-18-21-19-23(30)10-11-24(21)25-13-14-28(2)22(9-12-26(28)27(20)25)8-4-3-5-15-29-16-6-7-17-29/h8,10-11,19-20,25-27,30H,3-7,9,12-18H2,1-2H3/b22-8+/t20-,25?,26?,27?,28-/m1/s1. The highest BCUT2D eigenvalue weighted by Gasteiger charge is 2.54. The molecule has 1 N–H and O–H groups in total. The van der Waals surface area contributed by atoms with Gasteiger partial charge in [0, 0.05) is 0 Å². The lowest BCUT2D eigenvalue weighted by atomic mass is 9.52. The van der Waals surface area contributed by atoms with Crippen LogP contribution in [0.3, 0.4) is 0 Å². The molecule has 3 unspecified atom stereocenters. The normalized spacial score (nSPS) is 37.2. The molecular weight excluding hydrogens is 366 g/mol. The van der Waals surface area contributed by atoms with E-state index in [-0.39, 0.29) is 0 Å². The first-order chi connectivity index (χ1) is 14.6. The number of hydrogen-bond acceptors (Lipinski definition) is 2. The van der Waals surface area contributed by atoms with Crippen LogP contribution in [0.25, 0.3) is 0 Å². The Morgan fingerprint density at radius 3 is 2.83 bits per heavy atom. The number of likely N-dealkylation sites (tertiary alicyclic amines) is 1. The van der Waals surface area contributed by atoms with Gasteiger partial charge in [-0.15, -0.1) is 0 Å². The summed E-state index contributed by atoms with van der Waals surface area (Å²) in [5, 5.41) is 9.97. The van der Waals surface area contributed by atoms with E-state index in [9.17, 15) is 5.11 Å². The van der Waals surface area contributed by atoms with Crippen LogP contribution >= 0.6 is 0 Å². The number of aromatic hydroxyl groups is 1. The predicted octanol–water partition coefficient (Wildman–Crippen LogP) is 6.69. The van der Waals surface area contributed by atoms with Crippen molar-refractivity contribution in [2.75, 3.05) is 19.6 Å². The van der Waals surface area contributed by atoms with Crippen LogP contribution in [0, 0.1) is 23.2 Å². The Balaban J connectivity index is 1.26. The van der Waals surface area contributed by atoms with Crippen LogP contribution in [0.5, 0.6) is 5.75 Å². The Bertz CT molecular complexity index is 792. The van der Waals surface area contributed by atoms with Crippen LogP contribution in [0.2, 0.25) is 0 Å². The van der Waals surface area contributed by atoms with Crippen LogP contribution in [-0.2, 0) is 6.42 Å². The molecule has 2 heteroatoms. The summed E-state index contributed by atoms with van der Waals surface area (Å²) in [6.07, 6.45) is 16.1. The summed E-state index contributed by atoms with van der Waals surface area (Å²) in [5.41, 5.74) is 5.21. The third kappa shape index (κ3) is 3.64. The van der Waals surface area contributed by atoms with Gasteiger partial charge in [-0.3, -0.25) is 0 Å². The molecule has 2 nitrogen and oxygen atoms in total. The Kier molecular flexibility index (Phi) is 5.73. The lowest BCUT2D eigenvalue weighted by Gasteiger charge is -2.52. The second-order valence-electron chi connectivity index (χ2n) is 11.1. The van der Waals surface area contributed by atoms with Crippen LogP contribution in [-0.4, -0.2) is 29.6 Å². The van der Waals surface area contributed by atoms with Crippen molar-refractivity contribution in [1.82, 2.24) is 4.90 Å². The van der Waals surface area contributed by atoms with Crippen LogP contribution in [0.1, 0.15) is 88.7 Å². The monoisotopic (exact) mass is 407 g/mol. The molecule has 0 aromatic heterocycles. The molecule has 0 radical (unpaired) electrons. The number of allylic oxidation sites excluding steroid dienone is 2. The molecule has 1 aromatic rings. The largest absolute Gasteiger partial charge is 0.508 e. The molecule has 164 valence electrons.